The zero-order valence-electron chi connectivity index (χ0n) is 23.7. The van der Waals surface area contributed by atoms with Crippen LogP contribution >= 0.6 is 0 Å². The van der Waals surface area contributed by atoms with Crippen LogP contribution in [0.3, 0.4) is 0 Å². The van der Waals surface area contributed by atoms with E-state index in [9.17, 15) is 14.7 Å². The first-order valence-corrected chi connectivity index (χ1v) is 14.1. The van der Waals surface area contributed by atoms with Gasteiger partial charge in [-0.1, -0.05) is 25.8 Å². The van der Waals surface area contributed by atoms with Crippen molar-refractivity contribution in [3.05, 3.63) is 59.2 Å². The molecule has 2 aromatic rings. The molecular weight excluding hydrogens is 512 g/mol. The number of benzene rings is 2. The lowest BCUT2D eigenvalue weighted by atomic mass is 9.95. The molecule has 0 radical (unpaired) electrons. The van der Waals surface area contributed by atoms with Gasteiger partial charge in [0.15, 0.2) is 11.5 Å². The normalized spacial score (nSPS) is 19.2. The van der Waals surface area contributed by atoms with Gasteiger partial charge in [-0.2, -0.15) is 0 Å². The molecule has 0 bridgehead atoms. The van der Waals surface area contributed by atoms with Gasteiger partial charge in [0.25, 0.3) is 11.7 Å². The van der Waals surface area contributed by atoms with Crippen LogP contribution < -0.4 is 14.2 Å². The molecule has 1 unspecified atom stereocenters. The van der Waals surface area contributed by atoms with Crippen molar-refractivity contribution in [3.63, 3.8) is 0 Å². The van der Waals surface area contributed by atoms with Crippen molar-refractivity contribution in [1.82, 2.24) is 9.80 Å². The van der Waals surface area contributed by atoms with Gasteiger partial charge in [-0.15, -0.1) is 0 Å². The number of ether oxygens (including phenoxy) is 4. The lowest BCUT2D eigenvalue weighted by molar-refractivity contribution is -0.140. The second kappa shape index (κ2) is 14.2. The molecule has 40 heavy (non-hydrogen) atoms. The van der Waals surface area contributed by atoms with Gasteiger partial charge in [-0.25, -0.2) is 0 Å². The number of aliphatic hydroxyl groups excluding tert-OH is 1. The number of carbonyl (C=O) groups excluding carboxylic acids is 2. The minimum atomic E-state index is -0.782. The zero-order chi connectivity index (χ0) is 28.5. The molecule has 2 fully saturated rings. The van der Waals surface area contributed by atoms with Crippen LogP contribution in [-0.4, -0.2) is 86.3 Å². The fourth-order valence-electron chi connectivity index (χ4n) is 5.07. The summed E-state index contributed by atoms with van der Waals surface area (Å²) in [7, 11) is 1.56. The van der Waals surface area contributed by atoms with E-state index in [0.29, 0.717) is 67.9 Å². The number of hydrogen-bond donors (Lipinski definition) is 1. The van der Waals surface area contributed by atoms with Crippen molar-refractivity contribution < 1.29 is 33.6 Å². The van der Waals surface area contributed by atoms with Crippen LogP contribution in [0.2, 0.25) is 0 Å². The molecule has 216 valence electrons. The maximum atomic E-state index is 13.4. The van der Waals surface area contributed by atoms with Gasteiger partial charge in [-0.05, 0) is 55.3 Å². The average Bonchev–Trinajstić information content (AvgIpc) is 3.24. The fraction of sp³-hybridized carbons (Fsp3) is 0.484. The molecule has 0 aliphatic carbocycles. The molecule has 9 heteroatoms. The lowest BCUT2D eigenvalue weighted by Gasteiger charge is -2.31. The maximum Gasteiger partial charge on any atom is 0.295 e. The monoisotopic (exact) mass is 552 g/mol. The molecule has 2 aromatic carbocycles. The summed E-state index contributed by atoms with van der Waals surface area (Å²) >= 11 is 0. The third-order valence-corrected chi connectivity index (χ3v) is 7.25. The Balaban J connectivity index is 1.70. The molecule has 2 saturated heterocycles. The van der Waals surface area contributed by atoms with Gasteiger partial charge in [-0.3, -0.25) is 14.5 Å². The predicted molar refractivity (Wildman–Crippen MR) is 152 cm³/mol. The first kappa shape index (κ1) is 29.4. The minimum Gasteiger partial charge on any atom is -0.507 e. The van der Waals surface area contributed by atoms with Gasteiger partial charge in [0.1, 0.15) is 11.5 Å². The Labute approximate surface area is 236 Å². The highest BCUT2D eigenvalue weighted by atomic mass is 16.5. The molecule has 1 atom stereocenters. The summed E-state index contributed by atoms with van der Waals surface area (Å²) in [6, 6.07) is 11.5. The molecule has 2 aliphatic heterocycles. The Morgan fingerprint density at radius 1 is 0.975 bits per heavy atom. The number of ketones is 1. The predicted octanol–water partition coefficient (Wildman–Crippen LogP) is 4.42. The molecule has 1 N–H and O–H groups in total. The van der Waals surface area contributed by atoms with Crippen LogP contribution in [0.15, 0.2) is 48.0 Å². The molecule has 2 aliphatic rings. The number of methoxy groups -OCH3 is 1. The van der Waals surface area contributed by atoms with Crippen LogP contribution in [0.4, 0.5) is 0 Å². The highest BCUT2D eigenvalue weighted by Crippen LogP contribution is 2.42. The minimum absolute atomic E-state index is 0.0507. The summed E-state index contributed by atoms with van der Waals surface area (Å²) in [5.74, 6) is 0.190. The van der Waals surface area contributed by atoms with Gasteiger partial charge in [0, 0.05) is 31.7 Å². The van der Waals surface area contributed by atoms with Crippen molar-refractivity contribution in [1.29, 1.82) is 0 Å². The topological polar surface area (TPSA) is 97.8 Å². The quantitative estimate of drug-likeness (QED) is 0.169. The van der Waals surface area contributed by atoms with Crippen LogP contribution in [0, 0.1) is 0 Å². The van der Waals surface area contributed by atoms with Crippen molar-refractivity contribution in [2.75, 3.05) is 59.7 Å². The number of nitrogens with zero attached hydrogens (tertiary/aromatic N) is 2. The SMILES string of the molecule is CCCCCOc1ccc(C2/C(=C(\O)c3ccc(OCC)cc3)C(=O)C(=O)N2CCN2CCOCC2)cc1OC. The number of morpholine rings is 1. The lowest BCUT2D eigenvalue weighted by Crippen LogP contribution is -2.42. The molecular formula is C31H40N2O7. The largest absolute Gasteiger partial charge is 0.507 e. The Hall–Kier alpha value is -3.56. The third-order valence-electron chi connectivity index (χ3n) is 7.25. The van der Waals surface area contributed by atoms with Gasteiger partial charge in [0.05, 0.1) is 45.2 Å². The summed E-state index contributed by atoms with van der Waals surface area (Å²) in [6.07, 6.45) is 3.10. The highest BCUT2D eigenvalue weighted by Gasteiger charge is 2.46. The number of unbranched alkanes of at least 4 members (excludes halogenated alkanes) is 2. The number of carbonyl (C=O) groups is 2. The van der Waals surface area contributed by atoms with E-state index in [2.05, 4.69) is 11.8 Å². The Morgan fingerprint density at radius 3 is 2.40 bits per heavy atom. The Morgan fingerprint density at radius 2 is 1.73 bits per heavy atom. The van der Waals surface area contributed by atoms with Gasteiger partial charge >= 0.3 is 0 Å². The van der Waals surface area contributed by atoms with Gasteiger partial charge in [0.2, 0.25) is 0 Å². The molecule has 4 rings (SSSR count). The number of Topliss-reactive ketones (excluding diaryl/α,β-unsaturated/α-hetero) is 1. The van der Waals surface area contributed by atoms with Crippen LogP contribution in [0.25, 0.3) is 5.76 Å². The maximum absolute atomic E-state index is 13.4. The third kappa shape index (κ3) is 6.77. The van der Waals surface area contributed by atoms with E-state index in [0.717, 1.165) is 32.4 Å². The van der Waals surface area contributed by atoms with Crippen LogP contribution in [0.5, 0.6) is 17.2 Å². The van der Waals surface area contributed by atoms with E-state index in [1.54, 1.807) is 48.4 Å². The van der Waals surface area contributed by atoms with E-state index in [4.69, 9.17) is 18.9 Å². The highest BCUT2D eigenvalue weighted by molar-refractivity contribution is 6.46. The molecule has 9 nitrogen and oxygen atoms in total. The second-order valence-corrected chi connectivity index (χ2v) is 9.87. The van der Waals surface area contributed by atoms with Crippen molar-refractivity contribution in [2.45, 2.75) is 39.2 Å². The first-order chi connectivity index (χ1) is 19.5. The van der Waals surface area contributed by atoms with Crippen LogP contribution in [0.1, 0.15) is 50.3 Å². The molecule has 0 spiro atoms. The number of rotatable bonds is 13. The number of aliphatic hydroxyl groups is 1. The fourth-order valence-corrected chi connectivity index (χ4v) is 5.07. The van der Waals surface area contributed by atoms with Gasteiger partial charge < -0.3 is 29.0 Å². The zero-order valence-corrected chi connectivity index (χ0v) is 23.7. The smallest absolute Gasteiger partial charge is 0.295 e. The first-order valence-electron chi connectivity index (χ1n) is 14.1. The summed E-state index contributed by atoms with van der Waals surface area (Å²) < 4.78 is 22.6. The van der Waals surface area contributed by atoms with E-state index in [1.807, 2.05) is 13.0 Å². The summed E-state index contributed by atoms with van der Waals surface area (Å²) in [6.45, 7) is 8.82. The summed E-state index contributed by atoms with van der Waals surface area (Å²) in [5.41, 5.74) is 1.14. The molecule has 0 aromatic heterocycles. The van der Waals surface area contributed by atoms with E-state index < -0.39 is 17.7 Å². The average molecular weight is 553 g/mol. The summed E-state index contributed by atoms with van der Waals surface area (Å²) in [5, 5.41) is 11.4. The van der Waals surface area contributed by atoms with Crippen molar-refractivity contribution in [3.8, 4) is 17.2 Å². The molecule has 2 heterocycles. The van der Waals surface area contributed by atoms with Crippen molar-refractivity contribution >= 4 is 17.4 Å². The van der Waals surface area contributed by atoms with Crippen molar-refractivity contribution in [2.24, 2.45) is 0 Å². The Kier molecular flexibility index (Phi) is 10.4. The number of amides is 1. The van der Waals surface area contributed by atoms with Crippen LogP contribution in [-0.2, 0) is 14.3 Å². The van der Waals surface area contributed by atoms with E-state index in [-0.39, 0.29) is 11.3 Å². The second-order valence-electron chi connectivity index (χ2n) is 9.87. The number of hydrogen-bond acceptors (Lipinski definition) is 8. The van der Waals surface area contributed by atoms with E-state index in [1.165, 1.54) is 0 Å². The van der Waals surface area contributed by atoms with E-state index >= 15 is 0 Å². The molecule has 1 amide bonds. The number of likely N-dealkylation sites (tertiary alicyclic amines) is 1. The molecule has 0 saturated carbocycles. The standard InChI is InChI=1S/C31H40N2O7/c1-4-6-7-18-40-25-13-10-23(21-26(25)37-3)28-27(29(34)22-8-11-24(12-9-22)39-5-2)30(35)31(36)33(28)15-14-32-16-19-38-20-17-32/h8-13,21,28,34H,4-7,14-20H2,1-3H3/b29-27+. The Bertz CT molecular complexity index is 1190. The summed E-state index contributed by atoms with van der Waals surface area (Å²) in [4.78, 5) is 30.6.